The Kier molecular flexibility index (Phi) is 5.26. The number of carboxylic acids is 1. The Morgan fingerprint density at radius 3 is 2.36 bits per heavy atom. The lowest BCUT2D eigenvalue weighted by Gasteiger charge is -2.16. The highest BCUT2D eigenvalue weighted by atomic mass is 16.5. The number of ether oxygens (including phenoxy) is 2. The summed E-state index contributed by atoms with van der Waals surface area (Å²) in [4.78, 5) is 11.6. The van der Waals surface area contributed by atoms with Crippen molar-refractivity contribution in [2.24, 2.45) is 0 Å². The van der Waals surface area contributed by atoms with Crippen LogP contribution in [0.15, 0.2) is 24.3 Å². The number of carboxylic acid groups (broad SMARTS) is 1. The molecule has 0 aromatic heterocycles. The number of benzene rings is 2. The summed E-state index contributed by atoms with van der Waals surface area (Å²) in [6.07, 6.45) is 1.68. The van der Waals surface area contributed by atoms with E-state index in [1.807, 2.05) is 39.0 Å². The van der Waals surface area contributed by atoms with E-state index in [1.165, 1.54) is 0 Å². The highest BCUT2D eigenvalue weighted by molar-refractivity contribution is 6.03. The molecule has 0 aliphatic carbocycles. The highest BCUT2D eigenvalue weighted by Gasteiger charge is 2.19. The van der Waals surface area contributed by atoms with Crippen LogP contribution >= 0.6 is 0 Å². The first-order chi connectivity index (χ1) is 10.6. The van der Waals surface area contributed by atoms with E-state index >= 15 is 0 Å². The van der Waals surface area contributed by atoms with Gasteiger partial charge in [-0.15, -0.1) is 0 Å². The van der Waals surface area contributed by atoms with Crippen molar-refractivity contribution in [1.82, 2.24) is 0 Å². The monoisotopic (exact) mass is 302 g/mol. The lowest BCUT2D eigenvalue weighted by atomic mass is 10.0. The summed E-state index contributed by atoms with van der Waals surface area (Å²) in [5, 5.41) is 11.2. The molecule has 0 atom stereocenters. The Hall–Kier alpha value is -2.23. The first-order valence-electron chi connectivity index (χ1n) is 7.64. The van der Waals surface area contributed by atoms with Gasteiger partial charge < -0.3 is 14.6 Å². The molecule has 0 aliphatic heterocycles. The number of rotatable bonds is 7. The third-order valence-electron chi connectivity index (χ3n) is 3.35. The van der Waals surface area contributed by atoms with Gasteiger partial charge >= 0.3 is 5.97 Å². The van der Waals surface area contributed by atoms with E-state index in [-0.39, 0.29) is 5.56 Å². The highest BCUT2D eigenvalue weighted by Crippen LogP contribution is 2.37. The van der Waals surface area contributed by atoms with Gasteiger partial charge in [-0.3, -0.25) is 0 Å². The molecule has 2 rings (SSSR count). The lowest BCUT2D eigenvalue weighted by Crippen LogP contribution is -2.06. The maximum absolute atomic E-state index is 11.6. The molecule has 1 N–H and O–H groups in total. The second kappa shape index (κ2) is 7.16. The van der Waals surface area contributed by atoms with Crippen LogP contribution < -0.4 is 9.47 Å². The third kappa shape index (κ3) is 3.32. The van der Waals surface area contributed by atoms with Crippen molar-refractivity contribution in [1.29, 1.82) is 0 Å². The predicted octanol–water partition coefficient (Wildman–Crippen LogP) is 4.42. The van der Waals surface area contributed by atoms with Gasteiger partial charge in [-0.2, -0.15) is 0 Å². The zero-order chi connectivity index (χ0) is 16.1. The van der Waals surface area contributed by atoms with Gasteiger partial charge in [-0.25, -0.2) is 4.79 Å². The second-order valence-electron chi connectivity index (χ2n) is 5.30. The quantitative estimate of drug-likeness (QED) is 0.822. The molecule has 0 radical (unpaired) electrons. The predicted molar refractivity (Wildman–Crippen MR) is 87.2 cm³/mol. The average molecular weight is 302 g/mol. The summed E-state index contributed by atoms with van der Waals surface area (Å²) in [6, 6.07) is 7.44. The first kappa shape index (κ1) is 16.1. The van der Waals surface area contributed by atoms with Gasteiger partial charge in [0.1, 0.15) is 17.1 Å². The molecule has 0 aliphatic rings. The van der Waals surface area contributed by atoms with Gasteiger partial charge in [-0.1, -0.05) is 31.5 Å². The molecule has 2 aromatic rings. The summed E-state index contributed by atoms with van der Waals surface area (Å²) in [6.45, 7) is 7.05. The van der Waals surface area contributed by atoms with Gasteiger partial charge in [-0.05, 0) is 31.9 Å². The minimum atomic E-state index is -1.00. The Morgan fingerprint density at radius 1 is 1.05 bits per heavy atom. The molecule has 0 saturated heterocycles. The molecular formula is C18H22O4. The van der Waals surface area contributed by atoms with Crippen LogP contribution in [0.5, 0.6) is 11.5 Å². The topological polar surface area (TPSA) is 55.8 Å². The number of fused-ring (bicyclic) bond motifs is 1. The molecule has 4 heteroatoms. The Balaban J connectivity index is 2.68. The Labute approximate surface area is 130 Å². The molecule has 2 aromatic carbocycles. The standard InChI is InChI=1S/C18H22O4/c1-4-8-21-16-11-15(18(19)20)17(22-9-5-2)13-7-6-12(3)10-14(13)16/h6-7,10-11H,4-5,8-9H2,1-3H3,(H,19,20). The van der Waals surface area contributed by atoms with Crippen molar-refractivity contribution in [2.45, 2.75) is 33.6 Å². The molecule has 0 unspecified atom stereocenters. The van der Waals surface area contributed by atoms with Crippen LogP contribution in [0.1, 0.15) is 42.6 Å². The fraction of sp³-hybridized carbons (Fsp3) is 0.389. The van der Waals surface area contributed by atoms with E-state index in [4.69, 9.17) is 9.47 Å². The van der Waals surface area contributed by atoms with E-state index in [0.29, 0.717) is 24.7 Å². The number of hydrogen-bond donors (Lipinski definition) is 1. The van der Waals surface area contributed by atoms with Gasteiger partial charge in [0.15, 0.2) is 0 Å². The minimum Gasteiger partial charge on any atom is -0.493 e. The molecule has 0 heterocycles. The van der Waals surface area contributed by atoms with E-state index in [9.17, 15) is 9.90 Å². The summed E-state index contributed by atoms with van der Waals surface area (Å²) in [5.41, 5.74) is 1.24. The zero-order valence-corrected chi connectivity index (χ0v) is 13.3. The third-order valence-corrected chi connectivity index (χ3v) is 3.35. The molecule has 4 nitrogen and oxygen atoms in total. The van der Waals surface area contributed by atoms with Crippen molar-refractivity contribution in [3.8, 4) is 11.5 Å². The maximum atomic E-state index is 11.6. The molecule has 0 saturated carbocycles. The van der Waals surface area contributed by atoms with Crippen molar-refractivity contribution in [3.05, 3.63) is 35.4 Å². The SMILES string of the molecule is CCCOc1cc(C(=O)O)c(OCCC)c2ccc(C)cc12. The molecule has 0 spiro atoms. The molecule has 0 fully saturated rings. The number of carbonyl (C=O) groups is 1. The van der Waals surface area contributed by atoms with Gasteiger partial charge in [0, 0.05) is 10.8 Å². The van der Waals surface area contributed by atoms with Crippen LogP contribution in [-0.4, -0.2) is 24.3 Å². The zero-order valence-electron chi connectivity index (χ0n) is 13.3. The van der Waals surface area contributed by atoms with Gasteiger partial charge in [0.2, 0.25) is 0 Å². The maximum Gasteiger partial charge on any atom is 0.339 e. The molecule has 0 amide bonds. The van der Waals surface area contributed by atoms with E-state index in [1.54, 1.807) is 6.07 Å². The second-order valence-corrected chi connectivity index (χ2v) is 5.30. The Morgan fingerprint density at radius 2 is 1.73 bits per heavy atom. The fourth-order valence-electron chi connectivity index (χ4n) is 2.33. The van der Waals surface area contributed by atoms with Crippen molar-refractivity contribution in [3.63, 3.8) is 0 Å². The van der Waals surface area contributed by atoms with Crippen LogP contribution in [0, 0.1) is 6.92 Å². The fourth-order valence-corrected chi connectivity index (χ4v) is 2.33. The van der Waals surface area contributed by atoms with Crippen LogP contribution in [0.3, 0.4) is 0 Å². The van der Waals surface area contributed by atoms with E-state index in [0.717, 1.165) is 29.2 Å². The molecule has 118 valence electrons. The van der Waals surface area contributed by atoms with Crippen LogP contribution in [0.25, 0.3) is 10.8 Å². The number of aryl methyl sites for hydroxylation is 1. The summed E-state index contributed by atoms with van der Waals surface area (Å²) in [7, 11) is 0. The lowest BCUT2D eigenvalue weighted by molar-refractivity contribution is 0.0692. The normalized spacial score (nSPS) is 10.7. The van der Waals surface area contributed by atoms with Crippen molar-refractivity contribution in [2.75, 3.05) is 13.2 Å². The van der Waals surface area contributed by atoms with E-state index < -0.39 is 5.97 Å². The van der Waals surface area contributed by atoms with Gasteiger partial charge in [0.05, 0.1) is 13.2 Å². The van der Waals surface area contributed by atoms with Crippen LogP contribution in [0.2, 0.25) is 0 Å². The summed E-state index contributed by atoms with van der Waals surface area (Å²) >= 11 is 0. The molecule has 22 heavy (non-hydrogen) atoms. The van der Waals surface area contributed by atoms with E-state index in [2.05, 4.69) is 0 Å². The first-order valence-corrected chi connectivity index (χ1v) is 7.64. The summed E-state index contributed by atoms with van der Waals surface area (Å²) < 4.78 is 11.5. The number of hydrogen-bond acceptors (Lipinski definition) is 3. The van der Waals surface area contributed by atoms with Crippen molar-refractivity contribution >= 4 is 16.7 Å². The van der Waals surface area contributed by atoms with Crippen LogP contribution in [0.4, 0.5) is 0 Å². The minimum absolute atomic E-state index is 0.149. The largest absolute Gasteiger partial charge is 0.493 e. The van der Waals surface area contributed by atoms with Gasteiger partial charge in [0.25, 0.3) is 0 Å². The van der Waals surface area contributed by atoms with Crippen molar-refractivity contribution < 1.29 is 19.4 Å². The molecule has 0 bridgehead atoms. The summed E-state index contributed by atoms with van der Waals surface area (Å²) in [5.74, 6) is 0.0184. The number of aromatic carboxylic acids is 1. The molecular weight excluding hydrogens is 280 g/mol. The smallest absolute Gasteiger partial charge is 0.339 e. The Bertz CT molecular complexity index is 676. The average Bonchev–Trinajstić information content (AvgIpc) is 2.50. The van der Waals surface area contributed by atoms with Crippen LogP contribution in [-0.2, 0) is 0 Å².